The SMILES string of the molecule is CC=O.CCOc1ccc(CCc2ccc3cc(C(C)NC)oc3c2)cn1. The fraction of sp³-hybridized carbons (Fsp3) is 0.364. The molecule has 2 heterocycles. The van der Waals surface area contributed by atoms with E-state index in [1.54, 1.807) is 0 Å². The van der Waals surface area contributed by atoms with Gasteiger partial charge >= 0.3 is 0 Å². The summed E-state index contributed by atoms with van der Waals surface area (Å²) in [4.78, 5) is 13.1. The Labute approximate surface area is 160 Å². The second-order valence-corrected chi connectivity index (χ2v) is 6.20. The number of aldehydes is 1. The minimum atomic E-state index is 0.218. The fourth-order valence-corrected chi connectivity index (χ4v) is 2.69. The molecule has 1 atom stereocenters. The predicted octanol–water partition coefficient (Wildman–Crippen LogP) is 4.50. The van der Waals surface area contributed by atoms with E-state index in [0.29, 0.717) is 12.5 Å². The number of hydrogen-bond donors (Lipinski definition) is 1. The third kappa shape index (κ3) is 5.93. The maximum atomic E-state index is 8.81. The molecule has 0 amide bonds. The van der Waals surface area contributed by atoms with Crippen molar-refractivity contribution in [3.05, 3.63) is 59.5 Å². The average Bonchev–Trinajstić information content (AvgIpc) is 3.11. The Balaban J connectivity index is 0.000000817. The summed E-state index contributed by atoms with van der Waals surface area (Å²) < 4.78 is 11.3. The topological polar surface area (TPSA) is 64.4 Å². The molecule has 0 spiro atoms. The Bertz CT molecular complexity index is 840. The zero-order chi connectivity index (χ0) is 19.6. The molecule has 3 aromatic rings. The molecular weight excluding hydrogens is 340 g/mol. The lowest BCUT2D eigenvalue weighted by atomic mass is 10.0. The predicted molar refractivity (Wildman–Crippen MR) is 108 cm³/mol. The summed E-state index contributed by atoms with van der Waals surface area (Å²) in [6.07, 6.45) is 4.55. The van der Waals surface area contributed by atoms with Crippen LogP contribution >= 0.6 is 0 Å². The monoisotopic (exact) mass is 368 g/mol. The third-order valence-corrected chi connectivity index (χ3v) is 4.26. The van der Waals surface area contributed by atoms with Gasteiger partial charge in [0.1, 0.15) is 17.6 Å². The van der Waals surface area contributed by atoms with Crippen LogP contribution in [-0.2, 0) is 17.6 Å². The smallest absolute Gasteiger partial charge is 0.213 e. The van der Waals surface area contributed by atoms with Crippen molar-refractivity contribution < 1.29 is 13.9 Å². The van der Waals surface area contributed by atoms with Crippen LogP contribution in [0.1, 0.15) is 43.7 Å². The van der Waals surface area contributed by atoms with Crippen molar-refractivity contribution >= 4 is 17.3 Å². The molecule has 0 aliphatic heterocycles. The lowest BCUT2D eigenvalue weighted by Crippen LogP contribution is -2.10. The second kappa shape index (κ2) is 10.5. The molecule has 5 nitrogen and oxygen atoms in total. The van der Waals surface area contributed by atoms with Crippen LogP contribution in [0.2, 0.25) is 0 Å². The van der Waals surface area contributed by atoms with Crippen LogP contribution in [-0.4, -0.2) is 24.9 Å². The first-order valence-corrected chi connectivity index (χ1v) is 9.28. The van der Waals surface area contributed by atoms with Crippen molar-refractivity contribution in [3.8, 4) is 5.88 Å². The van der Waals surface area contributed by atoms with Gasteiger partial charge in [-0.2, -0.15) is 0 Å². The van der Waals surface area contributed by atoms with Gasteiger partial charge in [0.25, 0.3) is 0 Å². The van der Waals surface area contributed by atoms with Crippen molar-refractivity contribution in [2.75, 3.05) is 13.7 Å². The van der Waals surface area contributed by atoms with Crippen molar-refractivity contribution in [3.63, 3.8) is 0 Å². The molecule has 1 N–H and O–H groups in total. The molecular formula is C22H28N2O3. The van der Waals surface area contributed by atoms with Crippen LogP contribution in [0, 0.1) is 0 Å². The number of nitrogens with zero attached hydrogens (tertiary/aromatic N) is 1. The number of fused-ring (bicyclic) bond motifs is 1. The number of ether oxygens (including phenoxy) is 1. The van der Waals surface area contributed by atoms with E-state index in [0.717, 1.165) is 35.9 Å². The summed E-state index contributed by atoms with van der Waals surface area (Å²) in [6.45, 7) is 6.14. The van der Waals surface area contributed by atoms with Crippen LogP contribution in [0.5, 0.6) is 5.88 Å². The highest BCUT2D eigenvalue weighted by atomic mass is 16.5. The van der Waals surface area contributed by atoms with Crippen LogP contribution in [0.4, 0.5) is 0 Å². The van der Waals surface area contributed by atoms with Gasteiger partial charge in [-0.05, 0) is 63.9 Å². The Morgan fingerprint density at radius 1 is 1.19 bits per heavy atom. The molecule has 144 valence electrons. The first kappa shape index (κ1) is 20.6. The van der Waals surface area contributed by atoms with Crippen LogP contribution in [0.25, 0.3) is 11.0 Å². The number of aromatic nitrogens is 1. The molecule has 0 bridgehead atoms. The highest BCUT2D eigenvalue weighted by Crippen LogP contribution is 2.25. The van der Waals surface area contributed by atoms with E-state index in [4.69, 9.17) is 13.9 Å². The van der Waals surface area contributed by atoms with Gasteiger partial charge in [-0.1, -0.05) is 18.2 Å². The minimum absolute atomic E-state index is 0.218. The molecule has 27 heavy (non-hydrogen) atoms. The van der Waals surface area contributed by atoms with Crippen LogP contribution < -0.4 is 10.1 Å². The van der Waals surface area contributed by atoms with Gasteiger partial charge in [0.15, 0.2) is 0 Å². The highest BCUT2D eigenvalue weighted by molar-refractivity contribution is 5.78. The standard InChI is InChI=1S/C20H24N2O2.C2H4O/c1-4-23-20-10-8-16(13-22-20)6-5-15-7-9-17-12-18(14(2)21-3)24-19(17)11-15;1-2-3/h7-14,21H,4-6H2,1-3H3;2H,1H3. The molecule has 1 aromatic carbocycles. The van der Waals surface area contributed by atoms with Crippen LogP contribution in [0.15, 0.2) is 47.0 Å². The van der Waals surface area contributed by atoms with Crippen molar-refractivity contribution in [2.24, 2.45) is 0 Å². The van der Waals surface area contributed by atoms with E-state index >= 15 is 0 Å². The summed E-state index contributed by atoms with van der Waals surface area (Å²) in [6, 6.07) is 12.8. The number of nitrogens with one attached hydrogen (secondary N) is 1. The van der Waals surface area contributed by atoms with Crippen molar-refractivity contribution in [1.29, 1.82) is 0 Å². The maximum Gasteiger partial charge on any atom is 0.213 e. The quantitative estimate of drug-likeness (QED) is 0.622. The number of furan rings is 1. The largest absolute Gasteiger partial charge is 0.478 e. The fourth-order valence-electron chi connectivity index (χ4n) is 2.69. The van der Waals surface area contributed by atoms with Gasteiger partial charge in [0.05, 0.1) is 12.6 Å². The van der Waals surface area contributed by atoms with Gasteiger partial charge in [-0.15, -0.1) is 0 Å². The summed E-state index contributed by atoms with van der Waals surface area (Å²) in [5, 5.41) is 4.36. The number of carbonyl (C=O) groups is 1. The van der Waals surface area contributed by atoms with E-state index in [-0.39, 0.29) is 6.04 Å². The van der Waals surface area contributed by atoms with Crippen molar-refractivity contribution in [1.82, 2.24) is 10.3 Å². The highest BCUT2D eigenvalue weighted by Gasteiger charge is 2.10. The molecule has 0 aliphatic rings. The van der Waals surface area contributed by atoms with E-state index in [2.05, 4.69) is 47.6 Å². The van der Waals surface area contributed by atoms with E-state index < -0.39 is 0 Å². The van der Waals surface area contributed by atoms with E-state index in [1.165, 1.54) is 18.1 Å². The number of aryl methyl sites for hydroxylation is 2. The van der Waals surface area contributed by atoms with Gasteiger partial charge in [-0.3, -0.25) is 0 Å². The van der Waals surface area contributed by atoms with Gasteiger partial charge in [0.2, 0.25) is 5.88 Å². The maximum absolute atomic E-state index is 8.81. The number of pyridine rings is 1. The third-order valence-electron chi connectivity index (χ3n) is 4.26. The minimum Gasteiger partial charge on any atom is -0.478 e. The normalized spacial score (nSPS) is 11.6. The molecule has 0 saturated heterocycles. The Morgan fingerprint density at radius 2 is 1.89 bits per heavy atom. The molecule has 0 fully saturated rings. The van der Waals surface area contributed by atoms with E-state index in [1.807, 2.05) is 26.2 Å². The number of carbonyl (C=O) groups excluding carboxylic acids is 1. The Hall–Kier alpha value is -2.66. The number of benzene rings is 1. The van der Waals surface area contributed by atoms with Gasteiger partial charge in [-0.25, -0.2) is 4.98 Å². The second-order valence-electron chi connectivity index (χ2n) is 6.20. The molecule has 3 rings (SSSR count). The Morgan fingerprint density at radius 3 is 2.52 bits per heavy atom. The average molecular weight is 368 g/mol. The molecule has 1 unspecified atom stereocenters. The van der Waals surface area contributed by atoms with Crippen molar-refractivity contribution in [2.45, 2.75) is 39.7 Å². The first-order valence-electron chi connectivity index (χ1n) is 9.28. The Kier molecular flexibility index (Phi) is 8.01. The summed E-state index contributed by atoms with van der Waals surface area (Å²) in [7, 11) is 1.94. The lowest BCUT2D eigenvalue weighted by molar-refractivity contribution is -0.106. The number of rotatable bonds is 7. The summed E-state index contributed by atoms with van der Waals surface area (Å²) >= 11 is 0. The molecule has 0 radical (unpaired) electrons. The molecule has 0 aliphatic carbocycles. The molecule has 5 heteroatoms. The van der Waals surface area contributed by atoms with E-state index in [9.17, 15) is 0 Å². The van der Waals surface area contributed by atoms with Gasteiger partial charge in [0, 0.05) is 17.6 Å². The lowest BCUT2D eigenvalue weighted by Gasteiger charge is -2.05. The van der Waals surface area contributed by atoms with Crippen LogP contribution in [0.3, 0.4) is 0 Å². The summed E-state index contributed by atoms with van der Waals surface area (Å²) in [5.41, 5.74) is 3.44. The summed E-state index contributed by atoms with van der Waals surface area (Å²) in [5.74, 6) is 1.66. The molecule has 0 saturated carbocycles. The number of hydrogen-bond acceptors (Lipinski definition) is 5. The van der Waals surface area contributed by atoms with Gasteiger partial charge < -0.3 is 19.3 Å². The first-order chi connectivity index (χ1) is 13.1. The molecule has 2 aromatic heterocycles. The zero-order valence-electron chi connectivity index (χ0n) is 16.5. The zero-order valence-corrected chi connectivity index (χ0v) is 16.5.